The molecule has 0 fully saturated rings. The van der Waals surface area contributed by atoms with E-state index in [-0.39, 0.29) is 18.0 Å². The SMILES string of the molecule is O=C(OCc1cnc2ccccc2c1)Oc1ccc([N+](=O)[O-])cc1. The molecule has 120 valence electrons. The number of fused-ring (bicyclic) bond motifs is 1. The second kappa shape index (κ2) is 6.74. The van der Waals surface area contributed by atoms with Crippen molar-refractivity contribution in [1.82, 2.24) is 4.98 Å². The molecule has 0 unspecified atom stereocenters. The number of benzene rings is 2. The molecule has 24 heavy (non-hydrogen) atoms. The minimum Gasteiger partial charge on any atom is -0.429 e. The topological polar surface area (TPSA) is 91.6 Å². The molecule has 1 aromatic heterocycles. The Labute approximate surface area is 136 Å². The highest BCUT2D eigenvalue weighted by atomic mass is 16.7. The van der Waals surface area contributed by atoms with Crippen LogP contribution in [-0.2, 0) is 11.3 Å². The molecule has 3 aromatic rings. The van der Waals surface area contributed by atoms with Gasteiger partial charge in [-0.1, -0.05) is 18.2 Å². The largest absolute Gasteiger partial charge is 0.514 e. The van der Waals surface area contributed by atoms with E-state index in [0.29, 0.717) is 0 Å². The van der Waals surface area contributed by atoms with Gasteiger partial charge in [0.1, 0.15) is 12.4 Å². The zero-order valence-electron chi connectivity index (χ0n) is 12.4. The number of nitrogens with zero attached hydrogens (tertiary/aromatic N) is 2. The summed E-state index contributed by atoms with van der Waals surface area (Å²) in [5, 5.41) is 11.5. The van der Waals surface area contributed by atoms with Gasteiger partial charge in [0.2, 0.25) is 0 Å². The highest BCUT2D eigenvalue weighted by Crippen LogP contribution is 2.18. The van der Waals surface area contributed by atoms with E-state index in [1.807, 2.05) is 30.3 Å². The molecule has 0 aliphatic rings. The van der Waals surface area contributed by atoms with Gasteiger partial charge in [0.05, 0.1) is 10.4 Å². The Bertz CT molecular complexity index is 893. The Morgan fingerprint density at radius 3 is 2.62 bits per heavy atom. The standard InChI is InChI=1S/C17H12N2O5/c20-17(24-15-7-5-14(6-8-15)19(21)22)23-11-12-9-13-3-1-2-4-16(13)18-10-12/h1-10H,11H2. The van der Waals surface area contributed by atoms with Crippen LogP contribution in [0, 0.1) is 10.1 Å². The van der Waals surface area contributed by atoms with Gasteiger partial charge in [-0.05, 0) is 24.3 Å². The van der Waals surface area contributed by atoms with E-state index < -0.39 is 11.1 Å². The molecule has 0 saturated carbocycles. The number of pyridine rings is 1. The van der Waals surface area contributed by atoms with Crippen LogP contribution in [0.15, 0.2) is 60.8 Å². The van der Waals surface area contributed by atoms with Gasteiger partial charge >= 0.3 is 6.16 Å². The molecule has 1 heterocycles. The van der Waals surface area contributed by atoms with Gasteiger partial charge in [0.25, 0.3) is 5.69 Å². The summed E-state index contributed by atoms with van der Waals surface area (Å²) in [7, 11) is 0. The molecule has 0 atom stereocenters. The normalized spacial score (nSPS) is 10.3. The average molecular weight is 324 g/mol. The predicted octanol–water partition coefficient (Wildman–Crippen LogP) is 3.86. The smallest absolute Gasteiger partial charge is 0.429 e. The van der Waals surface area contributed by atoms with Crippen molar-refractivity contribution >= 4 is 22.7 Å². The summed E-state index contributed by atoms with van der Waals surface area (Å²) in [6.45, 7) is 0.0175. The van der Waals surface area contributed by atoms with Gasteiger partial charge in [-0.2, -0.15) is 0 Å². The van der Waals surface area contributed by atoms with Crippen LogP contribution in [0.2, 0.25) is 0 Å². The van der Waals surface area contributed by atoms with Crippen LogP contribution in [0.3, 0.4) is 0 Å². The second-order valence-corrected chi connectivity index (χ2v) is 4.93. The number of hydrogen-bond donors (Lipinski definition) is 0. The van der Waals surface area contributed by atoms with Crippen molar-refractivity contribution in [3.8, 4) is 5.75 Å². The summed E-state index contributed by atoms with van der Waals surface area (Å²) < 4.78 is 9.98. The van der Waals surface area contributed by atoms with Crippen LogP contribution in [-0.4, -0.2) is 16.1 Å². The number of carbonyl (C=O) groups excluding carboxylic acids is 1. The first kappa shape index (κ1) is 15.4. The van der Waals surface area contributed by atoms with Gasteiger partial charge in [-0.3, -0.25) is 15.1 Å². The zero-order chi connectivity index (χ0) is 16.9. The molecule has 0 radical (unpaired) electrons. The fraction of sp³-hybridized carbons (Fsp3) is 0.0588. The minimum absolute atomic E-state index is 0.0175. The van der Waals surface area contributed by atoms with E-state index in [2.05, 4.69) is 4.98 Å². The summed E-state index contributed by atoms with van der Waals surface area (Å²) in [6, 6.07) is 14.6. The Morgan fingerprint density at radius 1 is 1.12 bits per heavy atom. The lowest BCUT2D eigenvalue weighted by molar-refractivity contribution is -0.384. The molecule has 0 spiro atoms. The van der Waals surface area contributed by atoms with E-state index in [4.69, 9.17) is 9.47 Å². The van der Waals surface area contributed by atoms with Gasteiger partial charge in [0.15, 0.2) is 0 Å². The molecule has 0 amide bonds. The van der Waals surface area contributed by atoms with Crippen LogP contribution in [0.25, 0.3) is 10.9 Å². The number of para-hydroxylation sites is 1. The van der Waals surface area contributed by atoms with E-state index >= 15 is 0 Å². The van der Waals surface area contributed by atoms with Crippen molar-refractivity contribution < 1.29 is 19.2 Å². The van der Waals surface area contributed by atoms with Crippen LogP contribution in [0.4, 0.5) is 10.5 Å². The summed E-state index contributed by atoms with van der Waals surface area (Å²) in [4.78, 5) is 26.0. The summed E-state index contributed by atoms with van der Waals surface area (Å²) in [6.07, 6.45) is 0.735. The molecule has 0 aliphatic heterocycles. The number of ether oxygens (including phenoxy) is 2. The number of rotatable bonds is 4. The molecular weight excluding hydrogens is 312 g/mol. The summed E-state index contributed by atoms with van der Waals surface area (Å²) in [5.41, 5.74) is 1.50. The van der Waals surface area contributed by atoms with Crippen molar-refractivity contribution in [2.45, 2.75) is 6.61 Å². The predicted molar refractivity (Wildman–Crippen MR) is 85.7 cm³/mol. The fourth-order valence-electron chi connectivity index (χ4n) is 2.10. The van der Waals surface area contributed by atoms with Crippen molar-refractivity contribution in [1.29, 1.82) is 0 Å². The summed E-state index contributed by atoms with van der Waals surface area (Å²) >= 11 is 0. The first-order valence-corrected chi connectivity index (χ1v) is 7.04. The van der Waals surface area contributed by atoms with Gasteiger partial charge in [-0.15, -0.1) is 0 Å². The van der Waals surface area contributed by atoms with E-state index in [1.54, 1.807) is 6.20 Å². The third kappa shape index (κ3) is 3.64. The van der Waals surface area contributed by atoms with Crippen LogP contribution in [0.5, 0.6) is 5.75 Å². The Morgan fingerprint density at radius 2 is 1.88 bits per heavy atom. The van der Waals surface area contributed by atoms with Crippen molar-refractivity contribution in [3.05, 3.63) is 76.5 Å². The van der Waals surface area contributed by atoms with Gasteiger partial charge < -0.3 is 9.47 Å². The van der Waals surface area contributed by atoms with Crippen LogP contribution in [0.1, 0.15) is 5.56 Å². The second-order valence-electron chi connectivity index (χ2n) is 4.93. The molecule has 0 N–H and O–H groups in total. The molecule has 7 nitrogen and oxygen atoms in total. The maximum absolute atomic E-state index is 11.7. The fourth-order valence-corrected chi connectivity index (χ4v) is 2.10. The lowest BCUT2D eigenvalue weighted by Gasteiger charge is -2.06. The van der Waals surface area contributed by atoms with E-state index in [0.717, 1.165) is 16.5 Å². The highest BCUT2D eigenvalue weighted by Gasteiger charge is 2.09. The first-order chi connectivity index (χ1) is 11.6. The van der Waals surface area contributed by atoms with E-state index in [1.165, 1.54) is 24.3 Å². The van der Waals surface area contributed by atoms with Crippen LogP contribution < -0.4 is 4.74 Å². The van der Waals surface area contributed by atoms with Gasteiger partial charge in [-0.25, -0.2) is 4.79 Å². The third-order valence-corrected chi connectivity index (χ3v) is 3.25. The molecule has 0 saturated heterocycles. The lowest BCUT2D eigenvalue weighted by atomic mass is 10.2. The van der Waals surface area contributed by atoms with Crippen molar-refractivity contribution in [2.24, 2.45) is 0 Å². The lowest BCUT2D eigenvalue weighted by Crippen LogP contribution is -2.10. The summed E-state index contributed by atoms with van der Waals surface area (Å²) in [5.74, 6) is 0.169. The number of carbonyl (C=O) groups is 1. The monoisotopic (exact) mass is 324 g/mol. The number of hydrogen-bond acceptors (Lipinski definition) is 6. The maximum atomic E-state index is 11.7. The van der Waals surface area contributed by atoms with Crippen molar-refractivity contribution in [3.63, 3.8) is 0 Å². The Hall–Kier alpha value is -3.48. The van der Waals surface area contributed by atoms with Gasteiger partial charge in [0, 0.05) is 29.3 Å². The van der Waals surface area contributed by atoms with Crippen LogP contribution >= 0.6 is 0 Å². The van der Waals surface area contributed by atoms with Crippen molar-refractivity contribution in [2.75, 3.05) is 0 Å². The molecule has 0 aliphatic carbocycles. The zero-order valence-corrected chi connectivity index (χ0v) is 12.4. The molecule has 3 rings (SSSR count). The molecule has 0 bridgehead atoms. The number of aromatic nitrogens is 1. The third-order valence-electron chi connectivity index (χ3n) is 3.25. The number of nitro benzene ring substituents is 1. The quantitative estimate of drug-likeness (QED) is 0.313. The maximum Gasteiger partial charge on any atom is 0.514 e. The average Bonchev–Trinajstić information content (AvgIpc) is 2.60. The Balaban J connectivity index is 1.59. The number of nitro groups is 1. The number of non-ortho nitro benzene ring substituents is 1. The first-order valence-electron chi connectivity index (χ1n) is 7.04. The van der Waals surface area contributed by atoms with E-state index in [9.17, 15) is 14.9 Å². The Kier molecular flexibility index (Phi) is 4.33. The highest BCUT2D eigenvalue weighted by molar-refractivity contribution is 5.78. The molecule has 7 heteroatoms. The molecule has 2 aromatic carbocycles. The minimum atomic E-state index is -0.892. The molecular formula is C17H12N2O5.